The lowest BCUT2D eigenvalue weighted by molar-refractivity contribution is 0.386. The maximum atomic E-state index is 5.60. The van der Waals surface area contributed by atoms with Crippen molar-refractivity contribution in [2.75, 3.05) is 6.54 Å². The Morgan fingerprint density at radius 1 is 1.56 bits per heavy atom. The van der Waals surface area contributed by atoms with Crippen LogP contribution in [0, 0.1) is 0 Å². The Labute approximate surface area is 106 Å². The first kappa shape index (κ1) is 13.5. The van der Waals surface area contributed by atoms with Crippen LogP contribution in [0.25, 0.3) is 0 Å². The van der Waals surface area contributed by atoms with Crippen molar-refractivity contribution in [2.45, 2.75) is 39.2 Å². The van der Waals surface area contributed by atoms with Gasteiger partial charge in [0, 0.05) is 0 Å². The average molecular weight is 286 g/mol. The van der Waals surface area contributed by atoms with E-state index in [-0.39, 0.29) is 0 Å². The summed E-state index contributed by atoms with van der Waals surface area (Å²) in [6, 6.07) is 4.26. The van der Waals surface area contributed by atoms with E-state index < -0.39 is 0 Å². The van der Waals surface area contributed by atoms with Crippen molar-refractivity contribution in [1.29, 1.82) is 0 Å². The molecule has 0 saturated carbocycles. The van der Waals surface area contributed by atoms with Gasteiger partial charge in [0.05, 0.1) is 6.04 Å². The van der Waals surface area contributed by atoms with Crippen LogP contribution in [0.5, 0.6) is 0 Å². The molecule has 1 rings (SSSR count). The Bertz CT molecular complexity index is 332. The third-order valence-electron chi connectivity index (χ3n) is 2.44. The molecule has 0 amide bonds. The van der Waals surface area contributed by atoms with Gasteiger partial charge in [-0.05, 0) is 60.8 Å². The molecule has 0 bridgehead atoms. The van der Waals surface area contributed by atoms with Crippen molar-refractivity contribution in [3.8, 4) is 0 Å². The first-order valence-corrected chi connectivity index (χ1v) is 6.55. The van der Waals surface area contributed by atoms with Gasteiger partial charge in [-0.25, -0.2) is 0 Å². The van der Waals surface area contributed by atoms with Crippen LogP contribution in [0.3, 0.4) is 0 Å². The standard InChI is InChI=1S/C13H20BrNO/c1-4-9-15-11(6-5-10(2)3)12-7-8-13(14)16-12/h7-8,11,15H,2,4-6,9H2,1,3H3. The minimum Gasteiger partial charge on any atom is -0.453 e. The van der Waals surface area contributed by atoms with Gasteiger partial charge in [0.1, 0.15) is 5.76 Å². The minimum atomic E-state index is 0.294. The lowest BCUT2D eigenvalue weighted by Crippen LogP contribution is -2.21. The highest BCUT2D eigenvalue weighted by Crippen LogP contribution is 2.24. The molecule has 90 valence electrons. The fraction of sp³-hybridized carbons (Fsp3) is 0.538. The van der Waals surface area contributed by atoms with Crippen molar-refractivity contribution >= 4 is 15.9 Å². The first-order valence-electron chi connectivity index (χ1n) is 5.76. The third kappa shape index (κ3) is 4.54. The molecule has 1 heterocycles. The van der Waals surface area contributed by atoms with Crippen molar-refractivity contribution in [2.24, 2.45) is 0 Å². The molecule has 1 atom stereocenters. The van der Waals surface area contributed by atoms with Gasteiger partial charge in [0.2, 0.25) is 0 Å². The van der Waals surface area contributed by atoms with Gasteiger partial charge < -0.3 is 9.73 Å². The summed E-state index contributed by atoms with van der Waals surface area (Å²) < 4.78 is 6.39. The fourth-order valence-electron chi connectivity index (χ4n) is 1.57. The van der Waals surface area contributed by atoms with Crippen molar-refractivity contribution in [3.05, 3.63) is 34.7 Å². The Hall–Kier alpha value is -0.540. The molecular weight excluding hydrogens is 266 g/mol. The molecule has 0 radical (unpaired) electrons. The summed E-state index contributed by atoms with van der Waals surface area (Å²) in [7, 11) is 0. The fourth-order valence-corrected chi connectivity index (χ4v) is 1.89. The summed E-state index contributed by atoms with van der Waals surface area (Å²) in [5.41, 5.74) is 1.22. The van der Waals surface area contributed by atoms with Crippen LogP contribution in [-0.2, 0) is 0 Å². The predicted octanol–water partition coefficient (Wildman–Crippen LogP) is 4.44. The zero-order chi connectivity index (χ0) is 12.0. The second-order valence-corrected chi connectivity index (χ2v) is 4.93. The number of hydrogen-bond donors (Lipinski definition) is 1. The Balaban J connectivity index is 2.59. The average Bonchev–Trinajstić information content (AvgIpc) is 2.64. The van der Waals surface area contributed by atoms with Crippen LogP contribution < -0.4 is 5.32 Å². The second-order valence-electron chi connectivity index (χ2n) is 4.14. The molecule has 3 heteroatoms. The van der Waals surface area contributed by atoms with E-state index >= 15 is 0 Å². The molecule has 0 aliphatic carbocycles. The summed E-state index contributed by atoms with van der Waals surface area (Å²) in [6.07, 6.45) is 3.19. The molecule has 0 aromatic carbocycles. The van der Waals surface area contributed by atoms with Gasteiger partial charge in [0.25, 0.3) is 0 Å². The Kier molecular flexibility index (Phi) is 5.85. The van der Waals surface area contributed by atoms with E-state index in [1.807, 2.05) is 12.1 Å². The van der Waals surface area contributed by atoms with E-state index in [0.717, 1.165) is 36.2 Å². The van der Waals surface area contributed by atoms with Crippen LogP contribution in [0.2, 0.25) is 0 Å². The molecule has 16 heavy (non-hydrogen) atoms. The molecular formula is C13H20BrNO. The minimum absolute atomic E-state index is 0.294. The number of nitrogens with one attached hydrogen (secondary N) is 1. The van der Waals surface area contributed by atoms with Gasteiger partial charge >= 0.3 is 0 Å². The summed E-state index contributed by atoms with van der Waals surface area (Å²) in [5.74, 6) is 1.00. The molecule has 1 unspecified atom stereocenters. The molecule has 1 aromatic rings. The van der Waals surface area contributed by atoms with E-state index in [1.54, 1.807) is 0 Å². The van der Waals surface area contributed by atoms with E-state index in [4.69, 9.17) is 4.42 Å². The van der Waals surface area contributed by atoms with Gasteiger partial charge in [0.15, 0.2) is 4.67 Å². The summed E-state index contributed by atoms with van der Waals surface area (Å²) in [6.45, 7) is 9.18. The molecule has 2 nitrogen and oxygen atoms in total. The zero-order valence-electron chi connectivity index (χ0n) is 10.1. The topological polar surface area (TPSA) is 25.2 Å². The molecule has 1 aromatic heterocycles. The van der Waals surface area contributed by atoms with Gasteiger partial charge in [-0.3, -0.25) is 0 Å². The largest absolute Gasteiger partial charge is 0.453 e. The van der Waals surface area contributed by atoms with Crippen LogP contribution in [0.1, 0.15) is 44.9 Å². The molecule has 1 N–H and O–H groups in total. The van der Waals surface area contributed by atoms with Crippen LogP contribution in [0.15, 0.2) is 33.4 Å². The second kappa shape index (κ2) is 6.92. The Morgan fingerprint density at radius 2 is 2.31 bits per heavy atom. The number of hydrogen-bond acceptors (Lipinski definition) is 2. The van der Waals surface area contributed by atoms with Gasteiger partial charge in [-0.15, -0.1) is 6.58 Å². The molecule has 0 saturated heterocycles. The van der Waals surface area contributed by atoms with Crippen LogP contribution in [-0.4, -0.2) is 6.54 Å². The van der Waals surface area contributed by atoms with Crippen LogP contribution in [0.4, 0.5) is 0 Å². The third-order valence-corrected chi connectivity index (χ3v) is 2.86. The normalized spacial score (nSPS) is 12.7. The lowest BCUT2D eigenvalue weighted by atomic mass is 10.1. The summed E-state index contributed by atoms with van der Waals surface area (Å²) >= 11 is 3.34. The molecule has 0 aliphatic rings. The van der Waals surface area contributed by atoms with E-state index in [9.17, 15) is 0 Å². The maximum absolute atomic E-state index is 5.60. The quantitative estimate of drug-likeness (QED) is 0.750. The predicted molar refractivity (Wildman–Crippen MR) is 71.5 cm³/mol. The van der Waals surface area contributed by atoms with E-state index in [2.05, 4.69) is 41.7 Å². The summed E-state index contributed by atoms with van der Waals surface area (Å²) in [5, 5.41) is 3.50. The number of halogens is 1. The highest BCUT2D eigenvalue weighted by molar-refractivity contribution is 9.10. The van der Waals surface area contributed by atoms with E-state index in [1.165, 1.54) is 5.57 Å². The molecule has 0 aliphatic heterocycles. The highest BCUT2D eigenvalue weighted by Gasteiger charge is 2.14. The number of furan rings is 1. The first-order chi connectivity index (χ1) is 7.63. The van der Waals surface area contributed by atoms with Crippen molar-refractivity contribution < 1.29 is 4.42 Å². The smallest absolute Gasteiger partial charge is 0.169 e. The SMILES string of the molecule is C=C(C)CCC(NCCC)c1ccc(Br)o1. The summed E-state index contributed by atoms with van der Waals surface area (Å²) in [4.78, 5) is 0. The molecule has 0 spiro atoms. The van der Waals surface area contributed by atoms with Crippen molar-refractivity contribution in [1.82, 2.24) is 5.32 Å². The number of allylic oxidation sites excluding steroid dienone is 1. The monoisotopic (exact) mass is 285 g/mol. The lowest BCUT2D eigenvalue weighted by Gasteiger charge is -2.16. The maximum Gasteiger partial charge on any atom is 0.169 e. The van der Waals surface area contributed by atoms with Crippen molar-refractivity contribution in [3.63, 3.8) is 0 Å². The highest BCUT2D eigenvalue weighted by atomic mass is 79.9. The molecule has 0 fully saturated rings. The van der Waals surface area contributed by atoms with E-state index in [0.29, 0.717) is 6.04 Å². The van der Waals surface area contributed by atoms with Crippen LogP contribution >= 0.6 is 15.9 Å². The van der Waals surface area contributed by atoms with Gasteiger partial charge in [-0.1, -0.05) is 12.5 Å². The van der Waals surface area contributed by atoms with Gasteiger partial charge in [-0.2, -0.15) is 0 Å². The zero-order valence-corrected chi connectivity index (χ0v) is 11.6. The Morgan fingerprint density at radius 3 is 2.81 bits per heavy atom. The number of rotatable bonds is 7.